The standard InChI is InChI=1S/C13H17NO2/c1-10(15)11-3-5-12(6-4-11)13-9-14(2)7-8-16-13/h3-6,13H,7-9H2,1-2H3. The summed E-state index contributed by atoms with van der Waals surface area (Å²) in [5, 5.41) is 0. The maximum atomic E-state index is 11.1. The zero-order valence-corrected chi connectivity index (χ0v) is 9.77. The quantitative estimate of drug-likeness (QED) is 0.711. The van der Waals surface area contributed by atoms with Crippen LogP contribution in [0.15, 0.2) is 24.3 Å². The van der Waals surface area contributed by atoms with Gasteiger partial charge in [-0.15, -0.1) is 0 Å². The third-order valence-corrected chi connectivity index (χ3v) is 2.96. The number of morpholine rings is 1. The molecule has 1 saturated heterocycles. The molecule has 1 aromatic rings. The van der Waals surface area contributed by atoms with Crippen molar-refractivity contribution in [2.45, 2.75) is 13.0 Å². The zero-order valence-electron chi connectivity index (χ0n) is 9.77. The van der Waals surface area contributed by atoms with Crippen LogP contribution in [0.5, 0.6) is 0 Å². The van der Waals surface area contributed by atoms with Crippen molar-refractivity contribution in [1.82, 2.24) is 4.90 Å². The van der Waals surface area contributed by atoms with Gasteiger partial charge in [-0.05, 0) is 19.5 Å². The number of ether oxygens (including phenoxy) is 1. The van der Waals surface area contributed by atoms with Crippen LogP contribution in [0.2, 0.25) is 0 Å². The van der Waals surface area contributed by atoms with Gasteiger partial charge < -0.3 is 9.64 Å². The molecule has 0 amide bonds. The highest BCUT2D eigenvalue weighted by Gasteiger charge is 2.19. The van der Waals surface area contributed by atoms with Crippen molar-refractivity contribution in [1.29, 1.82) is 0 Å². The molecule has 1 aromatic carbocycles. The highest BCUT2D eigenvalue weighted by molar-refractivity contribution is 5.94. The summed E-state index contributed by atoms with van der Waals surface area (Å²) in [5.74, 6) is 0.105. The van der Waals surface area contributed by atoms with Crippen LogP contribution in [-0.4, -0.2) is 37.4 Å². The lowest BCUT2D eigenvalue weighted by molar-refractivity contribution is -0.0209. The first-order valence-electron chi connectivity index (χ1n) is 5.58. The lowest BCUT2D eigenvalue weighted by Gasteiger charge is -2.30. The van der Waals surface area contributed by atoms with Crippen LogP contribution >= 0.6 is 0 Å². The van der Waals surface area contributed by atoms with Crippen molar-refractivity contribution in [3.05, 3.63) is 35.4 Å². The molecule has 0 aromatic heterocycles. The minimum absolute atomic E-state index is 0.105. The summed E-state index contributed by atoms with van der Waals surface area (Å²) >= 11 is 0. The van der Waals surface area contributed by atoms with E-state index in [4.69, 9.17) is 4.74 Å². The number of rotatable bonds is 2. The molecule has 1 aliphatic rings. The predicted octanol–water partition coefficient (Wildman–Crippen LogP) is 1.89. The Morgan fingerprint density at radius 2 is 2.06 bits per heavy atom. The summed E-state index contributed by atoms with van der Waals surface area (Å²) in [4.78, 5) is 13.4. The minimum atomic E-state index is 0.105. The van der Waals surface area contributed by atoms with Gasteiger partial charge in [-0.1, -0.05) is 24.3 Å². The average molecular weight is 219 g/mol. The number of benzene rings is 1. The zero-order chi connectivity index (χ0) is 11.5. The van der Waals surface area contributed by atoms with E-state index < -0.39 is 0 Å². The molecule has 16 heavy (non-hydrogen) atoms. The highest BCUT2D eigenvalue weighted by Crippen LogP contribution is 2.21. The Morgan fingerprint density at radius 1 is 1.38 bits per heavy atom. The van der Waals surface area contributed by atoms with E-state index in [0.717, 1.165) is 30.8 Å². The fourth-order valence-electron chi connectivity index (χ4n) is 1.91. The summed E-state index contributed by atoms with van der Waals surface area (Å²) in [5.41, 5.74) is 1.91. The molecule has 0 radical (unpaired) electrons. The molecule has 3 heteroatoms. The first-order valence-corrected chi connectivity index (χ1v) is 5.58. The molecule has 0 spiro atoms. The Hall–Kier alpha value is -1.19. The smallest absolute Gasteiger partial charge is 0.159 e. The normalized spacial score (nSPS) is 22.0. The topological polar surface area (TPSA) is 29.5 Å². The molecule has 1 unspecified atom stereocenters. The fourth-order valence-corrected chi connectivity index (χ4v) is 1.91. The fraction of sp³-hybridized carbons (Fsp3) is 0.462. The molecule has 86 valence electrons. The minimum Gasteiger partial charge on any atom is -0.371 e. The van der Waals surface area contributed by atoms with Crippen LogP contribution in [0.25, 0.3) is 0 Å². The second-order valence-corrected chi connectivity index (χ2v) is 4.30. The molecular formula is C13H17NO2. The van der Waals surface area contributed by atoms with E-state index in [2.05, 4.69) is 11.9 Å². The van der Waals surface area contributed by atoms with Crippen molar-refractivity contribution in [2.75, 3.05) is 26.7 Å². The van der Waals surface area contributed by atoms with Gasteiger partial charge >= 0.3 is 0 Å². The molecule has 2 rings (SSSR count). The van der Waals surface area contributed by atoms with Gasteiger partial charge in [0.25, 0.3) is 0 Å². The summed E-state index contributed by atoms with van der Waals surface area (Å²) in [6.07, 6.45) is 0.139. The number of hydrogen-bond donors (Lipinski definition) is 0. The molecule has 0 bridgehead atoms. The van der Waals surface area contributed by atoms with E-state index in [1.165, 1.54) is 0 Å². The van der Waals surface area contributed by atoms with Crippen molar-refractivity contribution in [2.24, 2.45) is 0 Å². The Balaban J connectivity index is 2.11. The monoisotopic (exact) mass is 219 g/mol. The van der Waals surface area contributed by atoms with Gasteiger partial charge in [0.2, 0.25) is 0 Å². The molecule has 0 N–H and O–H groups in total. The van der Waals surface area contributed by atoms with Gasteiger partial charge in [-0.25, -0.2) is 0 Å². The number of Topliss-reactive ketones (excluding diaryl/α,β-unsaturated/α-hetero) is 1. The van der Waals surface area contributed by atoms with Crippen LogP contribution in [0, 0.1) is 0 Å². The van der Waals surface area contributed by atoms with Crippen LogP contribution < -0.4 is 0 Å². The molecule has 0 aliphatic carbocycles. The van der Waals surface area contributed by atoms with Gasteiger partial charge in [0, 0.05) is 18.7 Å². The summed E-state index contributed by atoms with van der Waals surface area (Å²) < 4.78 is 5.71. The van der Waals surface area contributed by atoms with E-state index in [1.807, 2.05) is 24.3 Å². The number of carbonyl (C=O) groups is 1. The maximum absolute atomic E-state index is 11.1. The summed E-state index contributed by atoms with van der Waals surface area (Å²) in [6, 6.07) is 7.71. The lowest BCUT2D eigenvalue weighted by Crippen LogP contribution is -2.35. The van der Waals surface area contributed by atoms with Crippen molar-refractivity contribution in [3.8, 4) is 0 Å². The number of ketones is 1. The Kier molecular flexibility index (Phi) is 3.36. The van der Waals surface area contributed by atoms with Gasteiger partial charge in [0.15, 0.2) is 5.78 Å². The van der Waals surface area contributed by atoms with Gasteiger partial charge in [0.1, 0.15) is 0 Å². The van der Waals surface area contributed by atoms with E-state index in [9.17, 15) is 4.79 Å². The van der Waals surface area contributed by atoms with Gasteiger partial charge in [-0.3, -0.25) is 4.79 Å². The molecule has 1 atom stereocenters. The third kappa shape index (κ3) is 2.49. The first kappa shape index (κ1) is 11.3. The van der Waals surface area contributed by atoms with Crippen LogP contribution in [0.1, 0.15) is 28.9 Å². The number of nitrogens with zero attached hydrogens (tertiary/aromatic N) is 1. The first-order chi connectivity index (χ1) is 7.66. The SMILES string of the molecule is CC(=O)c1ccc(C2CN(C)CCO2)cc1. The van der Waals surface area contributed by atoms with Crippen LogP contribution in [-0.2, 0) is 4.74 Å². The molecule has 1 heterocycles. The van der Waals surface area contributed by atoms with E-state index >= 15 is 0 Å². The van der Waals surface area contributed by atoms with Crippen LogP contribution in [0.4, 0.5) is 0 Å². The second-order valence-electron chi connectivity index (χ2n) is 4.30. The van der Waals surface area contributed by atoms with E-state index in [0.29, 0.717) is 0 Å². The molecule has 3 nitrogen and oxygen atoms in total. The maximum Gasteiger partial charge on any atom is 0.159 e. The number of carbonyl (C=O) groups excluding carboxylic acids is 1. The van der Waals surface area contributed by atoms with Crippen LogP contribution in [0.3, 0.4) is 0 Å². The predicted molar refractivity (Wildman–Crippen MR) is 62.6 cm³/mol. The Labute approximate surface area is 96.0 Å². The summed E-state index contributed by atoms with van der Waals surface area (Å²) in [7, 11) is 2.10. The Bertz CT molecular complexity index is 372. The van der Waals surface area contributed by atoms with Crippen molar-refractivity contribution >= 4 is 5.78 Å². The van der Waals surface area contributed by atoms with E-state index in [-0.39, 0.29) is 11.9 Å². The van der Waals surface area contributed by atoms with Gasteiger partial charge in [-0.2, -0.15) is 0 Å². The summed E-state index contributed by atoms with van der Waals surface area (Å²) in [6.45, 7) is 4.26. The Morgan fingerprint density at radius 3 is 2.62 bits per heavy atom. The lowest BCUT2D eigenvalue weighted by atomic mass is 10.0. The van der Waals surface area contributed by atoms with E-state index in [1.54, 1.807) is 6.92 Å². The second kappa shape index (κ2) is 4.76. The number of hydrogen-bond acceptors (Lipinski definition) is 3. The molecular weight excluding hydrogens is 202 g/mol. The van der Waals surface area contributed by atoms with Gasteiger partial charge in [0.05, 0.1) is 12.7 Å². The highest BCUT2D eigenvalue weighted by atomic mass is 16.5. The third-order valence-electron chi connectivity index (χ3n) is 2.96. The molecule has 1 fully saturated rings. The largest absolute Gasteiger partial charge is 0.371 e. The molecule has 1 aliphatic heterocycles. The number of likely N-dealkylation sites (N-methyl/N-ethyl adjacent to an activating group) is 1. The average Bonchev–Trinajstić information content (AvgIpc) is 2.29. The van der Waals surface area contributed by atoms with Crippen molar-refractivity contribution < 1.29 is 9.53 Å². The van der Waals surface area contributed by atoms with Crippen molar-refractivity contribution in [3.63, 3.8) is 0 Å². The molecule has 0 saturated carbocycles.